The third-order valence-electron chi connectivity index (χ3n) is 8.96. The van der Waals surface area contributed by atoms with Crippen molar-refractivity contribution in [2.24, 2.45) is 5.41 Å². The molecule has 1 aliphatic heterocycles. The van der Waals surface area contributed by atoms with E-state index in [1.807, 2.05) is 6.92 Å². The Morgan fingerprint density at radius 3 is 1.67 bits per heavy atom. The number of hydrogen-bond donors (Lipinski definition) is 10. The maximum atomic E-state index is 12.3. The number of aldehydes is 1. The molecule has 1 rings (SSSR count). The average Bonchev–Trinajstić information content (AvgIpc) is 3.27. The minimum atomic E-state index is -1.52. The maximum Gasteiger partial charge on any atom is 0.222 e. The van der Waals surface area contributed by atoms with Gasteiger partial charge in [-0.15, -0.1) is 0 Å². The van der Waals surface area contributed by atoms with E-state index in [4.69, 9.17) is 52.1 Å². The molecule has 63 heavy (non-hydrogen) atoms. The van der Waals surface area contributed by atoms with E-state index in [0.29, 0.717) is 0 Å². The summed E-state index contributed by atoms with van der Waals surface area (Å²) in [5.74, 6) is -0.478. The van der Waals surface area contributed by atoms with Crippen molar-refractivity contribution in [2.45, 2.75) is 88.4 Å². The number of aliphatic hydroxyl groups is 8. The highest BCUT2D eigenvalue weighted by Gasteiger charge is 2.44. The summed E-state index contributed by atoms with van der Waals surface area (Å²) in [4.78, 5) is 35.3. The minimum absolute atomic E-state index is 0.00126. The number of hydrogen-bond acceptors (Lipinski definition) is 22. The van der Waals surface area contributed by atoms with Crippen LogP contribution in [-0.4, -0.2) is 253 Å². The first-order chi connectivity index (χ1) is 30.3. The van der Waals surface area contributed by atoms with Crippen molar-refractivity contribution >= 4 is 18.1 Å². The van der Waals surface area contributed by atoms with Gasteiger partial charge in [0.15, 0.2) is 12.6 Å². The Morgan fingerprint density at radius 1 is 0.667 bits per heavy atom. The maximum absolute atomic E-state index is 12.3. The van der Waals surface area contributed by atoms with E-state index < -0.39 is 80.5 Å². The van der Waals surface area contributed by atoms with E-state index in [1.54, 1.807) is 0 Å². The molecule has 1 aliphatic rings. The summed E-state index contributed by atoms with van der Waals surface area (Å²) in [6, 6.07) is 0. The van der Waals surface area contributed by atoms with Crippen LogP contribution in [-0.2, 0) is 66.5 Å². The van der Waals surface area contributed by atoms with Crippen LogP contribution in [0.15, 0.2) is 0 Å². The van der Waals surface area contributed by atoms with Crippen molar-refractivity contribution in [2.75, 3.05) is 139 Å². The summed E-state index contributed by atoms with van der Waals surface area (Å²) in [5, 5.41) is 82.2. The highest BCUT2D eigenvalue weighted by Crippen LogP contribution is 2.22. The Labute approximate surface area is 368 Å². The van der Waals surface area contributed by atoms with Crippen LogP contribution >= 0.6 is 0 Å². The van der Waals surface area contributed by atoms with Gasteiger partial charge in [0.2, 0.25) is 11.8 Å². The molecule has 2 amide bonds. The fraction of sp³-hybridized carbons (Fsp3) is 0.923. The molecule has 0 aromatic heterocycles. The highest BCUT2D eigenvalue weighted by molar-refractivity contribution is 5.76. The molecule has 0 radical (unpaired) electrons. The van der Waals surface area contributed by atoms with E-state index in [9.17, 15) is 55.2 Å². The lowest BCUT2D eigenvalue weighted by Gasteiger charge is -2.39. The number of nitrogens with one attached hydrogen (secondary N) is 2. The summed E-state index contributed by atoms with van der Waals surface area (Å²) in [6.45, 7) is 4.85. The fourth-order valence-electron chi connectivity index (χ4n) is 5.35. The van der Waals surface area contributed by atoms with Crippen molar-refractivity contribution < 1.29 is 107 Å². The number of rotatable bonds is 42. The molecule has 0 bridgehead atoms. The fourth-order valence-corrected chi connectivity index (χ4v) is 5.35. The third-order valence-corrected chi connectivity index (χ3v) is 8.96. The number of carbonyl (C=O) groups excluding carboxylic acids is 3. The van der Waals surface area contributed by atoms with Crippen LogP contribution < -0.4 is 10.6 Å². The Morgan fingerprint density at radius 2 is 1.17 bits per heavy atom. The summed E-state index contributed by atoms with van der Waals surface area (Å²) in [5.41, 5.74) is -0.627. The van der Waals surface area contributed by atoms with E-state index in [1.165, 1.54) is 6.92 Å². The van der Waals surface area contributed by atoms with Crippen molar-refractivity contribution in [3.63, 3.8) is 0 Å². The molecule has 1 saturated heterocycles. The predicted octanol–water partition coefficient (Wildman–Crippen LogP) is -5.02. The van der Waals surface area contributed by atoms with Gasteiger partial charge in [-0.2, -0.15) is 0 Å². The zero-order valence-electron chi connectivity index (χ0n) is 36.5. The molecule has 10 unspecified atom stereocenters. The second-order valence-electron chi connectivity index (χ2n) is 14.7. The van der Waals surface area contributed by atoms with Gasteiger partial charge in [0, 0.05) is 37.8 Å². The smallest absolute Gasteiger partial charge is 0.222 e. The van der Waals surface area contributed by atoms with E-state index >= 15 is 0 Å². The second-order valence-corrected chi connectivity index (χ2v) is 14.7. The van der Waals surface area contributed by atoms with Crippen molar-refractivity contribution in [1.29, 1.82) is 0 Å². The standard InChI is InChI=1S/C39H74N2O22/c1-28(46)30(23-44)62-37(29(47)22-43)60-20-18-55-16-14-53-12-6-40-32(48)4-10-58-26-39(2,25-57-9-3-8-42)27-59-11-5-33(49)41-7-13-54-15-17-56-19-21-61-38-36(52)35(51)34(50)31(24-45)63-38/h8,28-31,34-38,43-47,50-52H,3-7,9-27H2,1-2H3,(H,40,48)(H,41,49). The largest absolute Gasteiger partial charge is 0.394 e. The molecule has 1 heterocycles. The predicted molar refractivity (Wildman–Crippen MR) is 216 cm³/mol. The number of carbonyl (C=O) groups is 3. The molecule has 0 aromatic rings. The Balaban J connectivity index is 2.15. The number of aliphatic hydroxyl groups excluding tert-OH is 8. The average molecular weight is 923 g/mol. The third kappa shape index (κ3) is 27.8. The van der Waals surface area contributed by atoms with Gasteiger partial charge in [0.1, 0.15) is 42.9 Å². The molecule has 0 aliphatic carbocycles. The van der Waals surface area contributed by atoms with E-state index in [-0.39, 0.29) is 150 Å². The van der Waals surface area contributed by atoms with Crippen LogP contribution in [0, 0.1) is 5.41 Å². The lowest BCUT2D eigenvalue weighted by molar-refractivity contribution is -0.302. The van der Waals surface area contributed by atoms with Gasteiger partial charge in [-0.1, -0.05) is 6.92 Å². The lowest BCUT2D eigenvalue weighted by atomic mass is 9.94. The minimum Gasteiger partial charge on any atom is -0.394 e. The van der Waals surface area contributed by atoms with Crippen LogP contribution in [0.3, 0.4) is 0 Å². The van der Waals surface area contributed by atoms with Gasteiger partial charge in [-0.05, 0) is 6.92 Å². The summed E-state index contributed by atoms with van der Waals surface area (Å²) in [7, 11) is 0. The molecular formula is C39H74N2O22. The zero-order chi connectivity index (χ0) is 46.7. The molecule has 0 aromatic carbocycles. The summed E-state index contributed by atoms with van der Waals surface area (Å²) >= 11 is 0. The van der Waals surface area contributed by atoms with Gasteiger partial charge >= 0.3 is 0 Å². The summed E-state index contributed by atoms with van der Waals surface area (Å²) < 4.78 is 60.1. The Hall–Kier alpha value is -2.15. The van der Waals surface area contributed by atoms with Crippen LogP contribution in [0.2, 0.25) is 0 Å². The van der Waals surface area contributed by atoms with Crippen LogP contribution in [0.4, 0.5) is 0 Å². The Bertz CT molecular complexity index is 1150. The van der Waals surface area contributed by atoms with Gasteiger partial charge in [0.25, 0.3) is 0 Å². The molecular weight excluding hydrogens is 848 g/mol. The number of amides is 2. The van der Waals surface area contributed by atoms with Crippen LogP contribution in [0.5, 0.6) is 0 Å². The first-order valence-corrected chi connectivity index (χ1v) is 21.1. The summed E-state index contributed by atoms with van der Waals surface area (Å²) in [6.07, 6.45) is -10.3. The molecule has 0 saturated carbocycles. The quantitative estimate of drug-likeness (QED) is 0.0156. The van der Waals surface area contributed by atoms with Gasteiger partial charge in [-0.25, -0.2) is 0 Å². The molecule has 24 heteroatoms. The first-order valence-electron chi connectivity index (χ1n) is 21.1. The van der Waals surface area contributed by atoms with Crippen LogP contribution in [0.25, 0.3) is 0 Å². The normalized spacial score (nSPS) is 21.9. The van der Waals surface area contributed by atoms with Gasteiger partial charge in [-0.3, -0.25) is 9.59 Å². The van der Waals surface area contributed by atoms with Gasteiger partial charge < -0.3 is 108 Å². The van der Waals surface area contributed by atoms with Crippen molar-refractivity contribution in [1.82, 2.24) is 10.6 Å². The van der Waals surface area contributed by atoms with Crippen LogP contribution in [0.1, 0.15) is 33.1 Å². The lowest BCUT2D eigenvalue weighted by Crippen LogP contribution is -2.59. The molecule has 10 N–H and O–H groups in total. The molecule has 10 atom stereocenters. The van der Waals surface area contributed by atoms with Gasteiger partial charge in [0.05, 0.1) is 132 Å². The molecule has 372 valence electrons. The first kappa shape index (κ1) is 58.9. The molecule has 1 fully saturated rings. The molecule has 24 nitrogen and oxygen atoms in total. The molecule has 0 spiro atoms. The monoisotopic (exact) mass is 922 g/mol. The van der Waals surface area contributed by atoms with E-state index in [0.717, 1.165) is 6.29 Å². The van der Waals surface area contributed by atoms with Crippen molar-refractivity contribution in [3.05, 3.63) is 0 Å². The van der Waals surface area contributed by atoms with Crippen molar-refractivity contribution in [3.8, 4) is 0 Å². The number of ether oxygens (including phenoxy) is 11. The topological polar surface area (TPSA) is 339 Å². The highest BCUT2D eigenvalue weighted by atomic mass is 16.7. The SMILES string of the molecule is CC(O)C(CO)OC(OCCOCCOCCNC(=O)CCOCC(C)(COCCC=O)COCCC(=O)NCCOCCOCCOC1OC(CO)C(O)C(O)C1O)C(O)CO. The van der Waals surface area contributed by atoms with E-state index in [2.05, 4.69) is 10.6 Å². The Kier molecular flexibility index (Phi) is 34.6. The second kappa shape index (κ2) is 37.0. The zero-order valence-corrected chi connectivity index (χ0v) is 36.5.